The molecule has 1 amide bonds. The SMILES string of the molecule is C[C@@]1(O)CCN(C(=O)/C=C/c2ccccc2)C[C@@H]1Cc1ccccc1. The standard InChI is InChI=1S/C22H25NO2/c1-22(25)14-15-23(17-20(22)16-19-10-6-3-7-11-19)21(24)13-12-18-8-4-2-5-9-18/h2-13,20,25H,14-17H2,1H3/b13-12+/t20-,22+/m0/s1. The Balaban J connectivity index is 1.67. The van der Waals surface area contributed by atoms with E-state index in [0.29, 0.717) is 19.5 Å². The largest absolute Gasteiger partial charge is 0.390 e. The molecule has 0 bridgehead atoms. The van der Waals surface area contributed by atoms with E-state index in [9.17, 15) is 9.90 Å². The first-order valence-corrected chi connectivity index (χ1v) is 8.83. The minimum Gasteiger partial charge on any atom is -0.390 e. The molecule has 1 aliphatic heterocycles. The van der Waals surface area contributed by atoms with Crippen molar-refractivity contribution in [3.8, 4) is 0 Å². The lowest BCUT2D eigenvalue weighted by molar-refractivity contribution is -0.133. The Bertz CT molecular complexity index is 722. The highest BCUT2D eigenvalue weighted by atomic mass is 16.3. The van der Waals surface area contributed by atoms with Gasteiger partial charge in [-0.25, -0.2) is 0 Å². The molecule has 1 saturated heterocycles. The predicted molar refractivity (Wildman–Crippen MR) is 101 cm³/mol. The van der Waals surface area contributed by atoms with Crippen LogP contribution in [0.2, 0.25) is 0 Å². The summed E-state index contributed by atoms with van der Waals surface area (Å²) in [6.07, 6.45) is 4.87. The van der Waals surface area contributed by atoms with E-state index in [1.54, 1.807) is 6.08 Å². The molecule has 0 aliphatic carbocycles. The van der Waals surface area contributed by atoms with E-state index >= 15 is 0 Å². The molecule has 1 heterocycles. The summed E-state index contributed by atoms with van der Waals surface area (Å²) in [4.78, 5) is 14.4. The molecule has 0 unspecified atom stereocenters. The van der Waals surface area contributed by atoms with Crippen LogP contribution >= 0.6 is 0 Å². The van der Waals surface area contributed by atoms with Crippen molar-refractivity contribution < 1.29 is 9.90 Å². The number of carbonyl (C=O) groups is 1. The van der Waals surface area contributed by atoms with Crippen molar-refractivity contribution >= 4 is 12.0 Å². The molecule has 3 heteroatoms. The summed E-state index contributed by atoms with van der Waals surface area (Å²) in [6.45, 7) is 3.07. The Morgan fingerprint density at radius 3 is 2.48 bits per heavy atom. The van der Waals surface area contributed by atoms with Crippen LogP contribution < -0.4 is 0 Å². The lowest BCUT2D eigenvalue weighted by Crippen LogP contribution is -2.52. The molecule has 2 aromatic carbocycles. The molecule has 0 saturated carbocycles. The van der Waals surface area contributed by atoms with Gasteiger partial charge < -0.3 is 10.0 Å². The Morgan fingerprint density at radius 2 is 1.80 bits per heavy atom. The van der Waals surface area contributed by atoms with Gasteiger partial charge in [-0.2, -0.15) is 0 Å². The summed E-state index contributed by atoms with van der Waals surface area (Å²) >= 11 is 0. The van der Waals surface area contributed by atoms with Gasteiger partial charge in [-0.15, -0.1) is 0 Å². The molecule has 2 aromatic rings. The molecule has 3 rings (SSSR count). The van der Waals surface area contributed by atoms with Gasteiger partial charge in [-0.05, 0) is 37.0 Å². The van der Waals surface area contributed by atoms with Crippen LogP contribution in [-0.4, -0.2) is 34.6 Å². The van der Waals surface area contributed by atoms with Gasteiger partial charge in [0.25, 0.3) is 0 Å². The van der Waals surface area contributed by atoms with Crippen molar-refractivity contribution in [2.75, 3.05) is 13.1 Å². The summed E-state index contributed by atoms with van der Waals surface area (Å²) in [5, 5.41) is 10.7. The van der Waals surface area contributed by atoms with Crippen LogP contribution in [0.1, 0.15) is 24.5 Å². The van der Waals surface area contributed by atoms with Crippen molar-refractivity contribution in [2.24, 2.45) is 5.92 Å². The number of rotatable bonds is 4. The van der Waals surface area contributed by atoms with Gasteiger partial charge in [-0.1, -0.05) is 60.7 Å². The number of benzene rings is 2. The molecular formula is C22H25NO2. The Kier molecular flexibility index (Phi) is 5.34. The van der Waals surface area contributed by atoms with Crippen molar-refractivity contribution in [3.63, 3.8) is 0 Å². The minimum absolute atomic E-state index is 0.0115. The topological polar surface area (TPSA) is 40.5 Å². The summed E-state index contributed by atoms with van der Waals surface area (Å²) < 4.78 is 0. The number of nitrogens with zero attached hydrogens (tertiary/aromatic N) is 1. The number of likely N-dealkylation sites (tertiary alicyclic amines) is 1. The third-order valence-corrected chi connectivity index (χ3v) is 5.06. The average molecular weight is 335 g/mol. The maximum atomic E-state index is 12.5. The first-order valence-electron chi connectivity index (χ1n) is 8.83. The summed E-state index contributed by atoms with van der Waals surface area (Å²) in [7, 11) is 0. The highest BCUT2D eigenvalue weighted by Crippen LogP contribution is 2.30. The minimum atomic E-state index is -0.740. The fraction of sp³-hybridized carbons (Fsp3) is 0.318. The summed E-state index contributed by atoms with van der Waals surface area (Å²) in [5.74, 6) is 0.0511. The van der Waals surface area contributed by atoms with Crippen LogP contribution in [0, 0.1) is 5.92 Å². The summed E-state index contributed by atoms with van der Waals surface area (Å²) in [5.41, 5.74) is 1.47. The molecule has 1 N–H and O–H groups in total. The Morgan fingerprint density at radius 1 is 1.16 bits per heavy atom. The van der Waals surface area contributed by atoms with Gasteiger partial charge in [0.05, 0.1) is 5.60 Å². The van der Waals surface area contributed by atoms with Crippen LogP contribution in [0.25, 0.3) is 6.08 Å². The van der Waals surface area contributed by atoms with Crippen molar-refractivity contribution in [1.29, 1.82) is 0 Å². The van der Waals surface area contributed by atoms with Crippen molar-refractivity contribution in [3.05, 3.63) is 77.9 Å². The van der Waals surface area contributed by atoms with E-state index in [1.165, 1.54) is 5.56 Å². The zero-order valence-electron chi connectivity index (χ0n) is 14.6. The molecule has 0 radical (unpaired) electrons. The Labute approximate surface area is 149 Å². The van der Waals surface area contributed by atoms with Gasteiger partial charge in [0.15, 0.2) is 0 Å². The molecule has 0 spiro atoms. The van der Waals surface area contributed by atoms with E-state index in [4.69, 9.17) is 0 Å². The van der Waals surface area contributed by atoms with Gasteiger partial charge in [0, 0.05) is 25.1 Å². The second-order valence-electron chi connectivity index (χ2n) is 7.02. The number of hydrogen-bond acceptors (Lipinski definition) is 2. The fourth-order valence-corrected chi connectivity index (χ4v) is 3.34. The molecule has 2 atom stereocenters. The third kappa shape index (κ3) is 4.58. The second-order valence-corrected chi connectivity index (χ2v) is 7.02. The normalized spacial score (nSPS) is 23.8. The number of amides is 1. The molecular weight excluding hydrogens is 310 g/mol. The number of aliphatic hydroxyl groups is 1. The summed E-state index contributed by atoms with van der Waals surface area (Å²) in [6, 6.07) is 20.0. The van der Waals surface area contributed by atoms with Crippen LogP contribution in [0.15, 0.2) is 66.7 Å². The van der Waals surface area contributed by atoms with E-state index in [0.717, 1.165) is 12.0 Å². The maximum Gasteiger partial charge on any atom is 0.246 e. The number of carbonyl (C=O) groups excluding carboxylic acids is 1. The second kappa shape index (κ2) is 7.66. The zero-order valence-corrected chi connectivity index (χ0v) is 14.6. The monoisotopic (exact) mass is 335 g/mol. The van der Waals surface area contributed by atoms with Gasteiger partial charge in [0.1, 0.15) is 0 Å². The van der Waals surface area contributed by atoms with Crippen molar-refractivity contribution in [1.82, 2.24) is 4.90 Å². The maximum absolute atomic E-state index is 12.5. The lowest BCUT2D eigenvalue weighted by Gasteiger charge is -2.42. The van der Waals surface area contributed by atoms with Gasteiger partial charge in [0.2, 0.25) is 5.91 Å². The first-order chi connectivity index (χ1) is 12.0. The van der Waals surface area contributed by atoms with Gasteiger partial charge >= 0.3 is 0 Å². The average Bonchev–Trinajstić information content (AvgIpc) is 2.63. The molecule has 25 heavy (non-hydrogen) atoms. The quantitative estimate of drug-likeness (QED) is 0.868. The van der Waals surface area contributed by atoms with Crippen molar-refractivity contribution in [2.45, 2.75) is 25.4 Å². The fourth-order valence-electron chi connectivity index (χ4n) is 3.34. The van der Waals surface area contributed by atoms with Crippen LogP contribution in [0.5, 0.6) is 0 Å². The highest BCUT2D eigenvalue weighted by Gasteiger charge is 2.38. The number of piperidine rings is 1. The molecule has 130 valence electrons. The molecule has 3 nitrogen and oxygen atoms in total. The number of hydrogen-bond donors (Lipinski definition) is 1. The first kappa shape index (κ1) is 17.4. The molecule has 1 aliphatic rings. The van der Waals surface area contributed by atoms with E-state index in [-0.39, 0.29) is 11.8 Å². The highest BCUT2D eigenvalue weighted by molar-refractivity contribution is 5.91. The van der Waals surface area contributed by atoms with E-state index in [2.05, 4.69) is 12.1 Å². The Hall–Kier alpha value is -2.39. The molecule has 0 aromatic heterocycles. The third-order valence-electron chi connectivity index (χ3n) is 5.06. The molecule has 1 fully saturated rings. The van der Waals surface area contributed by atoms with E-state index < -0.39 is 5.60 Å². The van der Waals surface area contributed by atoms with Crippen LogP contribution in [-0.2, 0) is 11.2 Å². The lowest BCUT2D eigenvalue weighted by atomic mass is 9.79. The smallest absolute Gasteiger partial charge is 0.246 e. The van der Waals surface area contributed by atoms with E-state index in [1.807, 2.05) is 66.4 Å². The zero-order chi connectivity index (χ0) is 17.7. The van der Waals surface area contributed by atoms with Crippen LogP contribution in [0.3, 0.4) is 0 Å². The van der Waals surface area contributed by atoms with Crippen LogP contribution in [0.4, 0.5) is 0 Å². The van der Waals surface area contributed by atoms with Gasteiger partial charge in [-0.3, -0.25) is 4.79 Å². The predicted octanol–water partition coefficient (Wildman–Crippen LogP) is 3.54.